The van der Waals surface area contributed by atoms with Gasteiger partial charge in [-0.3, -0.25) is 0 Å². The summed E-state index contributed by atoms with van der Waals surface area (Å²) >= 11 is 0. The van der Waals surface area contributed by atoms with E-state index in [1.807, 2.05) is 56.4 Å². The summed E-state index contributed by atoms with van der Waals surface area (Å²) in [4.78, 5) is 14.0. The fraction of sp³-hybridized carbons (Fsp3) is 0.0952. The molecular weight excluding hydrogens is 368 g/mol. The minimum atomic E-state index is -0.465. The molecule has 0 fully saturated rings. The molecule has 0 spiro atoms. The Morgan fingerprint density at radius 1 is 1.03 bits per heavy atom. The summed E-state index contributed by atoms with van der Waals surface area (Å²) < 4.78 is 8.79. The molecule has 0 N–H and O–H groups in total. The van der Waals surface area contributed by atoms with Gasteiger partial charge in [0, 0.05) is 22.1 Å². The number of aromatic nitrogens is 6. The summed E-state index contributed by atoms with van der Waals surface area (Å²) in [5.74, 6) is 0. The third-order valence-corrected chi connectivity index (χ3v) is 4.66. The lowest BCUT2D eigenvalue weighted by Gasteiger charge is -2.02. The van der Waals surface area contributed by atoms with Crippen LogP contribution in [0.1, 0.15) is 5.69 Å². The maximum atomic E-state index is 12.5. The zero-order valence-electron chi connectivity index (χ0n) is 15.9. The van der Waals surface area contributed by atoms with E-state index in [4.69, 9.17) is 4.42 Å². The molecule has 8 heteroatoms. The molecule has 0 aliphatic heterocycles. The summed E-state index contributed by atoms with van der Waals surface area (Å²) in [6.07, 6.45) is 3.32. The van der Waals surface area contributed by atoms with Crippen molar-refractivity contribution >= 4 is 11.0 Å². The molecule has 5 aromatic rings. The van der Waals surface area contributed by atoms with Crippen molar-refractivity contribution in [2.45, 2.75) is 6.92 Å². The fourth-order valence-corrected chi connectivity index (χ4v) is 3.22. The number of hydrogen-bond acceptors (Lipinski definition) is 5. The summed E-state index contributed by atoms with van der Waals surface area (Å²) in [7, 11) is 1.83. The number of hydrogen-bond donors (Lipinski definition) is 0. The van der Waals surface area contributed by atoms with Crippen molar-refractivity contribution in [2.24, 2.45) is 7.05 Å². The number of aryl methyl sites for hydroxylation is 2. The van der Waals surface area contributed by atoms with Crippen LogP contribution in [0.15, 0.2) is 76.5 Å². The van der Waals surface area contributed by atoms with Gasteiger partial charge in [-0.2, -0.15) is 9.90 Å². The highest BCUT2D eigenvalue weighted by Gasteiger charge is 2.16. The number of benzene rings is 2. The molecule has 0 amide bonds. The van der Waals surface area contributed by atoms with Gasteiger partial charge in [0.2, 0.25) is 12.0 Å². The van der Waals surface area contributed by atoms with Gasteiger partial charge in [0.15, 0.2) is 0 Å². The highest BCUT2D eigenvalue weighted by atomic mass is 16.4. The summed E-state index contributed by atoms with van der Waals surface area (Å²) in [6, 6.07) is 17.2. The Hall–Kier alpha value is -4.07. The van der Waals surface area contributed by atoms with E-state index in [1.54, 1.807) is 34.2 Å². The average Bonchev–Trinajstić information content (AvgIpc) is 3.33. The van der Waals surface area contributed by atoms with E-state index in [0.29, 0.717) is 17.0 Å². The molecule has 0 saturated carbocycles. The Bertz CT molecular complexity index is 1400. The van der Waals surface area contributed by atoms with Gasteiger partial charge in [0.1, 0.15) is 11.3 Å². The molecule has 0 atom stereocenters. The largest absolute Gasteiger partial charge is 0.420 e. The highest BCUT2D eigenvalue weighted by molar-refractivity contribution is 5.80. The van der Waals surface area contributed by atoms with Crippen molar-refractivity contribution in [2.75, 3.05) is 0 Å². The van der Waals surface area contributed by atoms with E-state index < -0.39 is 5.63 Å². The quantitative estimate of drug-likeness (QED) is 0.352. The average molecular weight is 385 g/mol. The minimum Gasteiger partial charge on any atom is -0.420 e. The van der Waals surface area contributed by atoms with Crippen LogP contribution in [0.3, 0.4) is 0 Å². The molecule has 29 heavy (non-hydrogen) atoms. The van der Waals surface area contributed by atoms with E-state index in [9.17, 15) is 4.79 Å². The monoisotopic (exact) mass is 385 g/mol. The van der Waals surface area contributed by atoms with Gasteiger partial charge in [0.05, 0.1) is 18.4 Å². The second kappa shape index (κ2) is 6.52. The van der Waals surface area contributed by atoms with Crippen LogP contribution in [0.5, 0.6) is 0 Å². The van der Waals surface area contributed by atoms with Crippen molar-refractivity contribution in [1.29, 1.82) is 0 Å². The molecule has 0 aliphatic carbocycles. The topological polar surface area (TPSA) is 82.6 Å². The van der Waals surface area contributed by atoms with E-state index in [-0.39, 0.29) is 0 Å². The van der Waals surface area contributed by atoms with E-state index in [1.165, 1.54) is 4.68 Å². The molecule has 0 unspecified atom stereocenters. The Morgan fingerprint density at radius 3 is 2.62 bits per heavy atom. The first-order valence-corrected chi connectivity index (χ1v) is 9.06. The minimum absolute atomic E-state index is 0.352. The van der Waals surface area contributed by atoms with Crippen LogP contribution in [0.25, 0.3) is 33.6 Å². The third-order valence-electron chi connectivity index (χ3n) is 4.66. The van der Waals surface area contributed by atoms with Gasteiger partial charge >= 0.3 is 5.63 Å². The van der Waals surface area contributed by atoms with Crippen LogP contribution < -0.4 is 10.2 Å². The second-order valence-electron chi connectivity index (χ2n) is 6.79. The zero-order chi connectivity index (χ0) is 20.0. The Kier molecular flexibility index (Phi) is 3.83. The first kappa shape index (κ1) is 17.1. The molecule has 142 valence electrons. The maximum Gasteiger partial charge on any atom is 0.379 e. The standard InChI is InChI=1S/C21H17N6O2/c1-14-20(15-6-4-3-5-7-15)24-27(23-14)17-9-8-16-10-18(21(28)29-19(16)11-17)26-13-25(2)12-22-26/h3-13H,1-2H3/q+1. The van der Waals surface area contributed by atoms with Gasteiger partial charge in [-0.1, -0.05) is 35.0 Å². The van der Waals surface area contributed by atoms with Crippen LogP contribution in [0, 0.1) is 6.92 Å². The van der Waals surface area contributed by atoms with E-state index in [0.717, 1.165) is 22.3 Å². The molecule has 0 saturated heterocycles. The van der Waals surface area contributed by atoms with Crippen LogP contribution >= 0.6 is 0 Å². The molecule has 0 radical (unpaired) electrons. The lowest BCUT2D eigenvalue weighted by Crippen LogP contribution is -2.24. The van der Waals surface area contributed by atoms with Crippen LogP contribution in [-0.4, -0.2) is 24.8 Å². The van der Waals surface area contributed by atoms with Crippen molar-refractivity contribution in [3.8, 4) is 22.6 Å². The van der Waals surface area contributed by atoms with Gasteiger partial charge in [-0.05, 0) is 25.1 Å². The third kappa shape index (κ3) is 3.00. The van der Waals surface area contributed by atoms with Gasteiger partial charge < -0.3 is 4.42 Å². The molecule has 5 rings (SSSR count). The first-order valence-electron chi connectivity index (χ1n) is 9.06. The predicted octanol–water partition coefficient (Wildman–Crippen LogP) is 2.36. The summed E-state index contributed by atoms with van der Waals surface area (Å²) in [5, 5.41) is 14.1. The Balaban J connectivity index is 1.58. The van der Waals surface area contributed by atoms with E-state index in [2.05, 4.69) is 15.3 Å². The highest BCUT2D eigenvalue weighted by Crippen LogP contribution is 2.22. The molecule has 2 aromatic carbocycles. The van der Waals surface area contributed by atoms with Crippen LogP contribution in [-0.2, 0) is 7.05 Å². The van der Waals surface area contributed by atoms with E-state index >= 15 is 0 Å². The molecule has 0 aliphatic rings. The molecule has 3 heterocycles. The molecule has 8 nitrogen and oxygen atoms in total. The second-order valence-corrected chi connectivity index (χ2v) is 6.79. The molecule has 0 bridgehead atoms. The zero-order valence-corrected chi connectivity index (χ0v) is 15.9. The normalized spacial score (nSPS) is 11.2. The SMILES string of the molecule is Cc1nn(-c2ccc3cc(-n4c[n+](C)cn4)c(=O)oc3c2)nc1-c1ccccc1. The number of fused-ring (bicyclic) bond motifs is 1. The van der Waals surface area contributed by atoms with Crippen molar-refractivity contribution in [3.05, 3.63) is 83.4 Å². The predicted molar refractivity (Wildman–Crippen MR) is 106 cm³/mol. The Labute approximate surface area is 165 Å². The van der Waals surface area contributed by atoms with Crippen LogP contribution in [0.4, 0.5) is 0 Å². The van der Waals surface area contributed by atoms with Crippen molar-refractivity contribution in [1.82, 2.24) is 24.8 Å². The summed E-state index contributed by atoms with van der Waals surface area (Å²) in [5.41, 5.74) is 3.70. The maximum absolute atomic E-state index is 12.5. The smallest absolute Gasteiger partial charge is 0.379 e. The lowest BCUT2D eigenvalue weighted by molar-refractivity contribution is -0.672. The fourth-order valence-electron chi connectivity index (χ4n) is 3.22. The summed E-state index contributed by atoms with van der Waals surface area (Å²) in [6.45, 7) is 1.92. The van der Waals surface area contributed by atoms with Gasteiger partial charge in [-0.25, -0.2) is 9.36 Å². The molecular formula is C21H17N6O2+. The molecule has 3 aromatic heterocycles. The van der Waals surface area contributed by atoms with Gasteiger partial charge in [-0.15, -0.1) is 5.10 Å². The van der Waals surface area contributed by atoms with Crippen molar-refractivity contribution in [3.63, 3.8) is 0 Å². The van der Waals surface area contributed by atoms with Crippen LogP contribution in [0.2, 0.25) is 0 Å². The van der Waals surface area contributed by atoms with Gasteiger partial charge in [0.25, 0.3) is 6.33 Å². The number of rotatable bonds is 3. The van der Waals surface area contributed by atoms with Crippen molar-refractivity contribution < 1.29 is 8.98 Å². The first-order chi connectivity index (χ1) is 14.1. The number of nitrogens with zero attached hydrogens (tertiary/aromatic N) is 6. The lowest BCUT2D eigenvalue weighted by atomic mass is 10.1. The Morgan fingerprint density at radius 2 is 1.86 bits per heavy atom.